The minimum atomic E-state index is -4.54. The highest BCUT2D eigenvalue weighted by molar-refractivity contribution is 6.31. The topological polar surface area (TPSA) is 80.6 Å². The number of aromatic nitrogens is 3. The maximum Gasteiger partial charge on any atom is 0.417 e. The number of nitrogens with zero attached hydrogens (tertiary/aromatic N) is 4. The Morgan fingerprint density at radius 2 is 1.94 bits per heavy atom. The van der Waals surface area contributed by atoms with Crippen molar-refractivity contribution >= 4 is 11.6 Å². The molecule has 1 spiro atoms. The second kappa shape index (κ2) is 8.29. The summed E-state index contributed by atoms with van der Waals surface area (Å²) in [7, 11) is 1.54. The highest BCUT2D eigenvalue weighted by Gasteiger charge is 2.76. The molecular weight excluding hydrogens is 497 g/mol. The van der Waals surface area contributed by atoms with Gasteiger partial charge >= 0.3 is 6.18 Å². The Morgan fingerprint density at radius 1 is 1.17 bits per heavy atom. The summed E-state index contributed by atoms with van der Waals surface area (Å²) in [6.45, 7) is 0.660. The normalized spacial score (nSPS) is 27.6. The van der Waals surface area contributed by atoms with Crippen LogP contribution in [0.2, 0.25) is 5.02 Å². The number of pyridine rings is 1. The van der Waals surface area contributed by atoms with Crippen molar-refractivity contribution in [1.82, 2.24) is 19.9 Å². The molecule has 3 aromatic rings. The van der Waals surface area contributed by atoms with Crippen LogP contribution in [0.1, 0.15) is 30.2 Å². The molecule has 2 aromatic heterocycles. The summed E-state index contributed by atoms with van der Waals surface area (Å²) in [5.74, 6) is 1.34. The fourth-order valence-electron chi connectivity index (χ4n) is 5.94. The van der Waals surface area contributed by atoms with Gasteiger partial charge in [0.15, 0.2) is 5.82 Å². The highest BCUT2D eigenvalue weighted by Crippen LogP contribution is 2.72. The lowest BCUT2D eigenvalue weighted by atomic mass is 9.72. The Hall–Kier alpha value is -2.95. The average Bonchev–Trinajstić information content (AvgIpc) is 3.52. The summed E-state index contributed by atoms with van der Waals surface area (Å²) < 4.78 is 50.6. The number of aliphatic hydroxyl groups is 1. The minimum Gasteiger partial charge on any atom is -0.496 e. The number of hydrogen-bond acceptors (Lipinski definition) is 7. The van der Waals surface area contributed by atoms with Crippen LogP contribution in [-0.2, 0) is 6.18 Å². The number of benzene rings is 1. The van der Waals surface area contributed by atoms with Crippen molar-refractivity contribution in [3.05, 3.63) is 65.1 Å². The van der Waals surface area contributed by atoms with Gasteiger partial charge in [0.1, 0.15) is 23.1 Å². The van der Waals surface area contributed by atoms with Gasteiger partial charge in [-0.25, -0.2) is 15.0 Å². The molecule has 3 aliphatic rings. The van der Waals surface area contributed by atoms with E-state index in [0.29, 0.717) is 35.2 Å². The van der Waals surface area contributed by atoms with Crippen LogP contribution in [0.15, 0.2) is 48.9 Å². The molecular formula is C25H22ClF3N4O3. The molecule has 5 unspecified atom stereocenters. The van der Waals surface area contributed by atoms with Gasteiger partial charge in [-0.15, -0.1) is 0 Å². The van der Waals surface area contributed by atoms with Crippen molar-refractivity contribution < 1.29 is 27.8 Å². The van der Waals surface area contributed by atoms with Crippen molar-refractivity contribution in [2.24, 2.45) is 11.3 Å². The smallest absolute Gasteiger partial charge is 0.417 e. The van der Waals surface area contributed by atoms with Gasteiger partial charge in [-0.2, -0.15) is 13.2 Å². The molecule has 3 heterocycles. The van der Waals surface area contributed by atoms with E-state index in [1.54, 1.807) is 24.5 Å². The van der Waals surface area contributed by atoms with Crippen LogP contribution in [-0.4, -0.2) is 50.8 Å². The lowest BCUT2D eigenvalue weighted by Crippen LogP contribution is -2.58. The monoisotopic (exact) mass is 518 g/mol. The van der Waals surface area contributed by atoms with Gasteiger partial charge in [0, 0.05) is 36.3 Å². The second-order valence-electron chi connectivity index (χ2n) is 9.51. The number of methoxy groups -OCH3 is 1. The van der Waals surface area contributed by atoms with Gasteiger partial charge in [-0.3, -0.25) is 4.90 Å². The van der Waals surface area contributed by atoms with E-state index in [0.717, 1.165) is 25.1 Å². The van der Waals surface area contributed by atoms with Gasteiger partial charge in [-0.05, 0) is 42.4 Å². The first-order chi connectivity index (χ1) is 17.2. The fraction of sp³-hybridized carbons (Fsp3) is 0.400. The predicted molar refractivity (Wildman–Crippen MR) is 123 cm³/mol. The van der Waals surface area contributed by atoms with Gasteiger partial charge in [-0.1, -0.05) is 23.7 Å². The Bertz CT molecular complexity index is 1310. The molecule has 1 N–H and O–H groups in total. The Balaban J connectivity index is 1.30. The quantitative estimate of drug-likeness (QED) is 0.504. The Kier molecular flexibility index (Phi) is 5.40. The van der Waals surface area contributed by atoms with E-state index >= 15 is 0 Å². The van der Waals surface area contributed by atoms with Crippen molar-refractivity contribution in [2.75, 3.05) is 13.7 Å². The van der Waals surface area contributed by atoms with E-state index in [4.69, 9.17) is 21.1 Å². The number of alkyl halides is 3. The van der Waals surface area contributed by atoms with E-state index < -0.39 is 18.0 Å². The summed E-state index contributed by atoms with van der Waals surface area (Å²) in [5, 5.41) is 11.5. The summed E-state index contributed by atoms with van der Waals surface area (Å²) in [6.07, 6.45) is -0.211. The molecule has 1 aromatic carbocycles. The lowest BCUT2D eigenvalue weighted by molar-refractivity contribution is -0.138. The van der Waals surface area contributed by atoms with Crippen LogP contribution < -0.4 is 9.47 Å². The van der Waals surface area contributed by atoms with Crippen molar-refractivity contribution in [3.63, 3.8) is 0 Å². The van der Waals surface area contributed by atoms with E-state index in [1.165, 1.54) is 7.11 Å². The summed E-state index contributed by atoms with van der Waals surface area (Å²) >= 11 is 6.09. The molecule has 1 saturated heterocycles. The number of aliphatic hydroxyl groups excluding tert-OH is 1. The van der Waals surface area contributed by atoms with Crippen LogP contribution in [0.5, 0.6) is 11.6 Å². The van der Waals surface area contributed by atoms with Gasteiger partial charge in [0.25, 0.3) is 0 Å². The zero-order chi connectivity index (χ0) is 25.2. The minimum absolute atomic E-state index is 0.0233. The third kappa shape index (κ3) is 3.62. The summed E-state index contributed by atoms with van der Waals surface area (Å²) in [4.78, 5) is 14.5. The average molecular weight is 519 g/mol. The summed E-state index contributed by atoms with van der Waals surface area (Å²) in [5.41, 5.74) is 0.298. The molecule has 2 saturated carbocycles. The second-order valence-corrected chi connectivity index (χ2v) is 9.92. The molecule has 0 bridgehead atoms. The van der Waals surface area contributed by atoms with E-state index in [1.807, 2.05) is 17.0 Å². The van der Waals surface area contributed by atoms with E-state index in [-0.39, 0.29) is 28.5 Å². The van der Waals surface area contributed by atoms with Crippen LogP contribution in [0.25, 0.3) is 11.4 Å². The number of hydrogen-bond donors (Lipinski definition) is 1. The molecule has 0 amide bonds. The van der Waals surface area contributed by atoms with Crippen molar-refractivity contribution in [2.45, 2.75) is 37.4 Å². The van der Waals surface area contributed by atoms with Crippen molar-refractivity contribution in [1.29, 1.82) is 0 Å². The molecule has 0 radical (unpaired) electrons. The zero-order valence-electron chi connectivity index (χ0n) is 19.1. The van der Waals surface area contributed by atoms with Crippen molar-refractivity contribution in [3.8, 4) is 23.0 Å². The molecule has 188 valence electrons. The van der Waals surface area contributed by atoms with Crippen LogP contribution >= 0.6 is 11.6 Å². The predicted octanol–water partition coefficient (Wildman–Crippen LogP) is 4.75. The largest absolute Gasteiger partial charge is 0.496 e. The number of piperidine rings is 1. The zero-order valence-corrected chi connectivity index (χ0v) is 19.9. The maximum atomic E-state index is 13.0. The number of ether oxygens (including phenoxy) is 2. The van der Waals surface area contributed by atoms with Crippen LogP contribution in [0.3, 0.4) is 0 Å². The fourth-order valence-corrected chi connectivity index (χ4v) is 6.15. The molecule has 2 aliphatic carbocycles. The van der Waals surface area contributed by atoms with Gasteiger partial charge in [0.05, 0.1) is 18.7 Å². The Morgan fingerprint density at radius 3 is 2.64 bits per heavy atom. The standard InChI is InChI=1S/C25H22ClF3N4O3/c1-35-17-5-2-4-15(21-30-6-3-7-31-21)19(17)23(34)33-12-14-9-24(14)10-18(20(24)33)36-22-16(26)8-13(11-32-22)25(27,28)29/h2-8,11,14,18,20,23,34H,9-10,12H2,1H3. The third-order valence-corrected chi connectivity index (χ3v) is 7.92. The van der Waals surface area contributed by atoms with Crippen LogP contribution in [0.4, 0.5) is 13.2 Å². The lowest BCUT2D eigenvalue weighted by Gasteiger charge is -2.48. The van der Waals surface area contributed by atoms with E-state index in [2.05, 4.69) is 15.0 Å². The molecule has 3 fully saturated rings. The summed E-state index contributed by atoms with van der Waals surface area (Å²) in [6, 6.07) is 7.82. The maximum absolute atomic E-state index is 13.0. The number of rotatable bonds is 6. The first-order valence-corrected chi connectivity index (χ1v) is 11.9. The number of halogens is 4. The van der Waals surface area contributed by atoms with Gasteiger partial charge < -0.3 is 14.6 Å². The third-order valence-electron chi connectivity index (χ3n) is 7.65. The number of likely N-dealkylation sites (tertiary alicyclic amines) is 1. The molecule has 6 rings (SSSR count). The SMILES string of the molecule is COc1cccc(-c2ncccn2)c1C(O)N1CC2CC23CC(Oc2ncc(C(F)(F)F)cc2Cl)C13. The van der Waals surface area contributed by atoms with E-state index in [9.17, 15) is 18.3 Å². The molecule has 36 heavy (non-hydrogen) atoms. The molecule has 11 heteroatoms. The molecule has 7 nitrogen and oxygen atoms in total. The highest BCUT2D eigenvalue weighted by atomic mass is 35.5. The first-order valence-electron chi connectivity index (χ1n) is 11.5. The molecule has 1 aliphatic heterocycles. The van der Waals surface area contributed by atoms with Gasteiger partial charge in [0.2, 0.25) is 5.88 Å². The van der Waals surface area contributed by atoms with Crippen LogP contribution in [0, 0.1) is 11.3 Å². The first kappa shape index (κ1) is 23.4. The molecule has 5 atom stereocenters. The Labute approximate surface area is 209 Å².